The van der Waals surface area contributed by atoms with Crippen molar-refractivity contribution in [2.45, 2.75) is 13.8 Å². The van der Waals surface area contributed by atoms with Crippen molar-refractivity contribution >= 4 is 5.78 Å². The summed E-state index contributed by atoms with van der Waals surface area (Å²) in [6.07, 6.45) is 0. The molecule has 27 heavy (non-hydrogen) atoms. The summed E-state index contributed by atoms with van der Waals surface area (Å²) in [7, 11) is 0. The average molecular weight is 359 g/mol. The molecule has 0 aliphatic heterocycles. The van der Waals surface area contributed by atoms with Crippen molar-refractivity contribution in [2.75, 3.05) is 0 Å². The van der Waals surface area contributed by atoms with E-state index in [1.807, 2.05) is 48.5 Å². The fraction of sp³-hybridized carbons (Fsp3) is 0.100. The summed E-state index contributed by atoms with van der Waals surface area (Å²) in [4.78, 5) is 27.3. The zero-order valence-corrected chi connectivity index (χ0v) is 14.9. The van der Waals surface area contributed by atoms with Gasteiger partial charge in [0, 0.05) is 5.69 Å². The van der Waals surface area contributed by atoms with Crippen LogP contribution >= 0.6 is 0 Å². The zero-order chi connectivity index (χ0) is 19.0. The van der Waals surface area contributed by atoms with Crippen LogP contribution in [0.4, 0.5) is 0 Å². The Bertz CT molecular complexity index is 1170. The van der Waals surface area contributed by atoms with Gasteiger partial charge in [0.05, 0.1) is 17.1 Å². The van der Waals surface area contributed by atoms with Gasteiger partial charge in [-0.25, -0.2) is 4.68 Å². The molecule has 0 atom stereocenters. The third-order valence-electron chi connectivity index (χ3n) is 4.30. The van der Waals surface area contributed by atoms with Crippen LogP contribution in [-0.2, 0) is 0 Å². The second-order valence-electron chi connectivity index (χ2n) is 6.18. The monoisotopic (exact) mass is 359 g/mol. The molecule has 2 aromatic heterocycles. The summed E-state index contributed by atoms with van der Waals surface area (Å²) >= 11 is 0. The minimum absolute atomic E-state index is 0.0714. The second kappa shape index (κ2) is 6.53. The number of aromatic nitrogens is 5. The normalized spacial score (nSPS) is 10.9. The fourth-order valence-corrected chi connectivity index (χ4v) is 2.96. The van der Waals surface area contributed by atoms with Gasteiger partial charge in [-0.05, 0) is 38.1 Å². The third-order valence-corrected chi connectivity index (χ3v) is 4.30. The smallest absolute Gasteiger partial charge is 0.282 e. The number of nitrogens with zero attached hydrogens (tertiary/aromatic N) is 4. The molecule has 134 valence electrons. The van der Waals surface area contributed by atoms with Crippen molar-refractivity contribution in [3.05, 3.63) is 93.7 Å². The second-order valence-corrected chi connectivity index (χ2v) is 6.18. The maximum Gasteiger partial charge on any atom is 0.282 e. The Morgan fingerprint density at radius 2 is 1.48 bits per heavy atom. The quantitative estimate of drug-likeness (QED) is 0.568. The lowest BCUT2D eigenvalue weighted by atomic mass is 10.1. The Labute approximate surface area is 154 Å². The molecule has 0 saturated heterocycles. The first-order valence-electron chi connectivity index (χ1n) is 8.47. The summed E-state index contributed by atoms with van der Waals surface area (Å²) < 4.78 is 1.36. The molecule has 0 radical (unpaired) electrons. The molecule has 2 aromatic carbocycles. The van der Waals surface area contributed by atoms with E-state index < -0.39 is 11.3 Å². The number of benzene rings is 2. The van der Waals surface area contributed by atoms with Crippen LogP contribution in [0.25, 0.3) is 11.4 Å². The Hall–Kier alpha value is -3.74. The van der Waals surface area contributed by atoms with Gasteiger partial charge in [-0.3, -0.25) is 14.7 Å². The van der Waals surface area contributed by atoms with Crippen LogP contribution in [0, 0.1) is 13.8 Å². The highest BCUT2D eigenvalue weighted by Gasteiger charge is 2.25. The van der Waals surface area contributed by atoms with E-state index >= 15 is 0 Å². The predicted molar refractivity (Wildman–Crippen MR) is 101 cm³/mol. The van der Waals surface area contributed by atoms with Crippen LogP contribution in [0.5, 0.6) is 0 Å². The third kappa shape index (κ3) is 2.89. The number of hydrogen-bond acceptors (Lipinski definition) is 4. The largest absolute Gasteiger partial charge is 0.295 e. The molecule has 2 heterocycles. The van der Waals surface area contributed by atoms with Crippen molar-refractivity contribution in [2.24, 2.45) is 0 Å². The molecule has 0 aliphatic rings. The Balaban J connectivity index is 1.78. The van der Waals surface area contributed by atoms with E-state index in [1.165, 1.54) is 9.48 Å². The van der Waals surface area contributed by atoms with E-state index in [0.717, 1.165) is 5.69 Å². The first-order valence-corrected chi connectivity index (χ1v) is 8.47. The summed E-state index contributed by atoms with van der Waals surface area (Å²) in [6, 6.07) is 18.4. The Kier molecular flexibility index (Phi) is 4.04. The van der Waals surface area contributed by atoms with E-state index in [4.69, 9.17) is 0 Å². The van der Waals surface area contributed by atoms with Crippen molar-refractivity contribution in [1.29, 1.82) is 0 Å². The highest BCUT2D eigenvalue weighted by molar-refractivity contribution is 6.08. The van der Waals surface area contributed by atoms with Crippen LogP contribution in [0.2, 0.25) is 0 Å². The van der Waals surface area contributed by atoms with Gasteiger partial charge in [-0.2, -0.15) is 9.90 Å². The van der Waals surface area contributed by atoms with Crippen molar-refractivity contribution in [3.8, 4) is 11.4 Å². The van der Waals surface area contributed by atoms with E-state index in [-0.39, 0.29) is 11.3 Å². The van der Waals surface area contributed by atoms with Crippen LogP contribution in [0.15, 0.2) is 65.5 Å². The molecule has 0 aliphatic carbocycles. The lowest BCUT2D eigenvalue weighted by Crippen LogP contribution is -2.21. The Morgan fingerprint density at radius 3 is 2.11 bits per heavy atom. The fourth-order valence-electron chi connectivity index (χ4n) is 2.96. The van der Waals surface area contributed by atoms with Crippen LogP contribution in [-0.4, -0.2) is 30.6 Å². The molecular formula is C20H17N5O2. The van der Waals surface area contributed by atoms with Gasteiger partial charge in [0.25, 0.3) is 5.56 Å². The zero-order valence-electron chi connectivity index (χ0n) is 14.9. The van der Waals surface area contributed by atoms with E-state index in [1.54, 1.807) is 26.0 Å². The predicted octanol–water partition coefficient (Wildman–Crippen LogP) is 2.59. The lowest BCUT2D eigenvalue weighted by Gasteiger charge is -1.99. The molecule has 0 amide bonds. The van der Waals surface area contributed by atoms with Gasteiger partial charge in [-0.15, -0.1) is 5.10 Å². The molecule has 0 spiro atoms. The average Bonchev–Trinajstić information content (AvgIpc) is 3.22. The van der Waals surface area contributed by atoms with Gasteiger partial charge >= 0.3 is 0 Å². The number of aromatic amines is 1. The summed E-state index contributed by atoms with van der Waals surface area (Å²) in [5.41, 5.74) is 2.19. The number of hydrogen-bond donors (Lipinski definition) is 1. The minimum Gasteiger partial charge on any atom is -0.295 e. The highest BCUT2D eigenvalue weighted by Crippen LogP contribution is 2.14. The van der Waals surface area contributed by atoms with Gasteiger partial charge in [0.15, 0.2) is 5.69 Å². The minimum atomic E-state index is -0.442. The number of carbonyl (C=O) groups excluding carboxylic acids is 1. The molecule has 0 bridgehead atoms. The maximum atomic E-state index is 13.0. The molecule has 4 aromatic rings. The first-order chi connectivity index (χ1) is 13.1. The molecular weight excluding hydrogens is 342 g/mol. The van der Waals surface area contributed by atoms with Crippen LogP contribution < -0.4 is 5.56 Å². The first kappa shape index (κ1) is 16.7. The number of carbonyl (C=O) groups is 1. The summed E-state index contributed by atoms with van der Waals surface area (Å²) in [5.74, 6) is -0.442. The molecule has 4 rings (SSSR count). The topological polar surface area (TPSA) is 85.6 Å². The number of nitrogens with one attached hydrogen (secondary N) is 1. The van der Waals surface area contributed by atoms with Crippen LogP contribution in [0.1, 0.15) is 27.4 Å². The van der Waals surface area contributed by atoms with Gasteiger partial charge < -0.3 is 0 Å². The number of para-hydroxylation sites is 2. The molecule has 0 fully saturated rings. The van der Waals surface area contributed by atoms with E-state index in [0.29, 0.717) is 17.1 Å². The number of rotatable bonds is 4. The van der Waals surface area contributed by atoms with Crippen molar-refractivity contribution < 1.29 is 4.79 Å². The standard InChI is InChI=1S/C20H17N5O2/c1-13-17(20(27)24(21-13)15-9-5-3-6-10-15)19(26)18-14(2)22-25(23-18)16-11-7-4-8-12-16/h3-12,21H,1-2H3. The SMILES string of the molecule is Cc1nn(-c2ccccc2)nc1C(=O)c1c(C)[nH]n(-c2ccccc2)c1=O. The number of aryl methyl sites for hydroxylation is 2. The molecule has 0 saturated carbocycles. The Morgan fingerprint density at radius 1 is 0.889 bits per heavy atom. The summed E-state index contributed by atoms with van der Waals surface area (Å²) in [5, 5.41) is 11.6. The van der Waals surface area contributed by atoms with E-state index in [9.17, 15) is 9.59 Å². The molecule has 7 heteroatoms. The number of ketones is 1. The van der Waals surface area contributed by atoms with E-state index in [2.05, 4.69) is 15.3 Å². The number of H-pyrrole nitrogens is 1. The van der Waals surface area contributed by atoms with Gasteiger partial charge in [0.2, 0.25) is 5.78 Å². The van der Waals surface area contributed by atoms with Gasteiger partial charge in [-0.1, -0.05) is 36.4 Å². The molecule has 7 nitrogen and oxygen atoms in total. The lowest BCUT2D eigenvalue weighted by molar-refractivity contribution is 0.103. The molecule has 1 N–H and O–H groups in total. The van der Waals surface area contributed by atoms with Crippen LogP contribution in [0.3, 0.4) is 0 Å². The van der Waals surface area contributed by atoms with Crippen molar-refractivity contribution in [3.63, 3.8) is 0 Å². The maximum absolute atomic E-state index is 13.0. The summed E-state index contributed by atoms with van der Waals surface area (Å²) in [6.45, 7) is 3.41. The van der Waals surface area contributed by atoms with Gasteiger partial charge in [0.1, 0.15) is 5.56 Å². The molecule has 0 unspecified atom stereocenters. The highest BCUT2D eigenvalue weighted by atomic mass is 16.2. The van der Waals surface area contributed by atoms with Crippen molar-refractivity contribution in [1.82, 2.24) is 24.8 Å².